The van der Waals surface area contributed by atoms with E-state index in [0.717, 1.165) is 25.8 Å². The van der Waals surface area contributed by atoms with E-state index < -0.39 is 23.0 Å². The summed E-state index contributed by atoms with van der Waals surface area (Å²) < 4.78 is 59.2. The molecule has 1 saturated carbocycles. The molecule has 3 aromatic rings. The second-order valence-corrected chi connectivity index (χ2v) is 9.61. The molecule has 6 nitrogen and oxygen atoms in total. The molecule has 2 atom stereocenters. The lowest BCUT2D eigenvalue weighted by Gasteiger charge is -2.41. The number of aryl methyl sites for hydroxylation is 1. The van der Waals surface area contributed by atoms with Crippen LogP contribution in [0.1, 0.15) is 38.4 Å². The van der Waals surface area contributed by atoms with E-state index in [1.54, 1.807) is 23.7 Å². The minimum Gasteiger partial charge on any atom is -0.347 e. The third kappa shape index (κ3) is 3.32. The largest absolute Gasteiger partial charge is 0.347 e. The number of aromatic nitrogens is 4. The predicted molar refractivity (Wildman–Crippen MR) is 123 cm³/mol. The Hall–Kier alpha value is -3.48. The number of benzene rings is 1. The molecule has 2 aromatic heterocycles. The maximum atomic E-state index is 15.2. The highest BCUT2D eigenvalue weighted by Gasteiger charge is 2.58. The molecule has 0 N–H and O–H groups in total. The average Bonchev–Trinajstić information content (AvgIpc) is 3.56. The van der Waals surface area contributed by atoms with E-state index >= 15 is 4.39 Å². The first-order valence-electron chi connectivity index (χ1n) is 11.6. The number of piperidine rings is 1. The lowest BCUT2D eigenvalue weighted by Crippen LogP contribution is -2.48. The minimum atomic E-state index is -2.87. The Bertz CT molecular complexity index is 1490. The molecule has 4 heterocycles. The summed E-state index contributed by atoms with van der Waals surface area (Å²) in [4.78, 5) is 10.8. The van der Waals surface area contributed by atoms with Gasteiger partial charge in [-0.3, -0.25) is 9.39 Å². The summed E-state index contributed by atoms with van der Waals surface area (Å²) in [7, 11) is 0. The molecule has 180 valence electrons. The van der Waals surface area contributed by atoms with Crippen molar-refractivity contribution >= 4 is 28.7 Å². The maximum absolute atomic E-state index is 15.2. The Morgan fingerprint density at radius 3 is 2.71 bits per heavy atom. The fourth-order valence-electron chi connectivity index (χ4n) is 5.22. The first kappa shape index (κ1) is 22.0. The third-order valence-electron chi connectivity index (χ3n) is 7.40. The number of hydrogen-bond acceptors (Lipinski definition) is 5. The standard InChI is InChI=1S/C25H22F4N6/c1-14-32-33-23-31-22(20-18(35(14)23)6-5-17(26)21(20)27)34-11-3-4-16-15(12-30-13-19(16)34)7-8-25(9-10-25)24(2,28)29/h5-6,12-13,16,19H,3-4,9-11H2,1-2H3. The van der Waals surface area contributed by atoms with Crippen LogP contribution in [-0.4, -0.2) is 44.3 Å². The fourth-order valence-corrected chi connectivity index (χ4v) is 5.22. The average molecular weight is 482 g/mol. The molecule has 6 rings (SSSR count). The fraction of sp³-hybridized carbons (Fsp3) is 0.440. The van der Waals surface area contributed by atoms with Gasteiger partial charge in [0.25, 0.3) is 11.7 Å². The van der Waals surface area contributed by atoms with Gasteiger partial charge in [0.15, 0.2) is 11.6 Å². The Morgan fingerprint density at radius 1 is 1.17 bits per heavy atom. The van der Waals surface area contributed by atoms with Gasteiger partial charge in [0.05, 0.1) is 22.4 Å². The van der Waals surface area contributed by atoms with E-state index in [-0.39, 0.29) is 28.9 Å². The Balaban J connectivity index is 1.44. The lowest BCUT2D eigenvalue weighted by molar-refractivity contribution is -0.0294. The first-order valence-corrected chi connectivity index (χ1v) is 11.6. The summed E-state index contributed by atoms with van der Waals surface area (Å²) in [6, 6.07) is 2.24. The molecule has 1 aromatic carbocycles. The summed E-state index contributed by atoms with van der Waals surface area (Å²) in [6.45, 7) is 3.17. The molecular weight excluding hydrogens is 460 g/mol. The highest BCUT2D eigenvalue weighted by atomic mass is 19.3. The van der Waals surface area contributed by atoms with E-state index in [1.165, 1.54) is 6.07 Å². The molecule has 10 heteroatoms. The highest BCUT2D eigenvalue weighted by molar-refractivity contribution is 5.94. The molecule has 2 fully saturated rings. The molecule has 0 radical (unpaired) electrons. The van der Waals surface area contributed by atoms with Gasteiger partial charge in [-0.1, -0.05) is 11.8 Å². The van der Waals surface area contributed by atoms with Crippen LogP contribution in [0.5, 0.6) is 0 Å². The van der Waals surface area contributed by atoms with E-state index in [9.17, 15) is 13.2 Å². The molecule has 0 amide bonds. The number of hydrogen-bond donors (Lipinski definition) is 0. The van der Waals surface area contributed by atoms with Crippen molar-refractivity contribution in [1.29, 1.82) is 0 Å². The number of rotatable bonds is 2. The van der Waals surface area contributed by atoms with Crippen molar-refractivity contribution in [3.05, 3.63) is 41.4 Å². The summed E-state index contributed by atoms with van der Waals surface area (Å²) in [5.74, 6) is 1.92. The maximum Gasteiger partial charge on any atom is 0.261 e. The molecule has 35 heavy (non-hydrogen) atoms. The van der Waals surface area contributed by atoms with Crippen molar-refractivity contribution < 1.29 is 17.6 Å². The molecular formula is C25H22F4N6. The van der Waals surface area contributed by atoms with Gasteiger partial charge in [0, 0.05) is 37.4 Å². The SMILES string of the molecule is Cc1nnc2nc(N3CCCC4C(C#CC5(C(C)(F)F)CC5)=CN=CC43)c3c(F)c(F)ccc3n12. The van der Waals surface area contributed by atoms with Crippen LogP contribution in [0.25, 0.3) is 16.7 Å². The summed E-state index contributed by atoms with van der Waals surface area (Å²) >= 11 is 0. The Morgan fingerprint density at radius 2 is 1.97 bits per heavy atom. The molecule has 2 unspecified atom stereocenters. The molecule has 1 saturated heterocycles. The quantitative estimate of drug-likeness (QED) is 0.387. The van der Waals surface area contributed by atoms with Crippen LogP contribution in [0, 0.1) is 41.7 Å². The second-order valence-electron chi connectivity index (χ2n) is 9.61. The van der Waals surface area contributed by atoms with Crippen molar-refractivity contribution in [1.82, 2.24) is 19.6 Å². The van der Waals surface area contributed by atoms with Gasteiger partial charge in [-0.15, -0.1) is 10.2 Å². The summed E-state index contributed by atoms with van der Waals surface area (Å²) in [5.41, 5.74) is -0.181. The number of aliphatic imine (C=N–C) groups is 1. The van der Waals surface area contributed by atoms with E-state index in [1.807, 2.05) is 4.90 Å². The highest BCUT2D eigenvalue weighted by Crippen LogP contribution is 2.56. The summed E-state index contributed by atoms with van der Waals surface area (Å²) in [6.07, 6.45) is 5.61. The first-order chi connectivity index (χ1) is 16.7. The van der Waals surface area contributed by atoms with Crippen molar-refractivity contribution in [2.24, 2.45) is 16.3 Å². The topological polar surface area (TPSA) is 58.7 Å². The van der Waals surface area contributed by atoms with Gasteiger partial charge in [-0.25, -0.2) is 17.6 Å². The predicted octanol–water partition coefficient (Wildman–Crippen LogP) is 4.86. The van der Waals surface area contributed by atoms with Crippen molar-refractivity contribution in [2.75, 3.05) is 11.4 Å². The number of nitrogens with zero attached hydrogens (tertiary/aromatic N) is 6. The van der Waals surface area contributed by atoms with Crippen LogP contribution < -0.4 is 4.90 Å². The van der Waals surface area contributed by atoms with E-state index in [4.69, 9.17) is 0 Å². The summed E-state index contributed by atoms with van der Waals surface area (Å²) in [5, 5.41) is 8.19. The van der Waals surface area contributed by atoms with Crippen molar-refractivity contribution in [3.8, 4) is 11.8 Å². The van der Waals surface area contributed by atoms with Crippen molar-refractivity contribution in [2.45, 2.75) is 51.5 Å². The van der Waals surface area contributed by atoms with Gasteiger partial charge < -0.3 is 4.90 Å². The number of alkyl halides is 2. The third-order valence-corrected chi connectivity index (χ3v) is 7.40. The molecule has 3 aliphatic rings. The minimum absolute atomic E-state index is 0.0409. The Labute approximate surface area is 198 Å². The van der Waals surface area contributed by atoms with Crippen LogP contribution in [0.2, 0.25) is 0 Å². The van der Waals surface area contributed by atoms with Crippen LogP contribution in [0.15, 0.2) is 28.9 Å². The molecule has 1 aliphatic carbocycles. The number of halogens is 4. The smallest absolute Gasteiger partial charge is 0.261 e. The lowest BCUT2D eigenvalue weighted by atomic mass is 9.82. The normalized spacial score (nSPS) is 23.1. The van der Waals surface area contributed by atoms with Crippen LogP contribution in [0.4, 0.5) is 23.4 Å². The molecule has 0 bridgehead atoms. The molecule has 2 aliphatic heterocycles. The van der Waals surface area contributed by atoms with Gasteiger partial charge in [-0.05, 0) is 44.7 Å². The van der Waals surface area contributed by atoms with Gasteiger partial charge in [0.1, 0.15) is 11.6 Å². The van der Waals surface area contributed by atoms with Gasteiger partial charge in [0.2, 0.25) is 0 Å². The monoisotopic (exact) mass is 482 g/mol. The van der Waals surface area contributed by atoms with Gasteiger partial charge in [-0.2, -0.15) is 4.98 Å². The zero-order chi connectivity index (χ0) is 24.5. The number of fused-ring (bicyclic) bond motifs is 4. The van der Waals surface area contributed by atoms with E-state index in [0.29, 0.717) is 36.3 Å². The van der Waals surface area contributed by atoms with Gasteiger partial charge >= 0.3 is 0 Å². The van der Waals surface area contributed by atoms with Crippen LogP contribution >= 0.6 is 0 Å². The molecule has 0 spiro atoms. The van der Waals surface area contributed by atoms with Crippen LogP contribution in [0.3, 0.4) is 0 Å². The van der Waals surface area contributed by atoms with E-state index in [2.05, 4.69) is 32.0 Å². The Kier molecular flexibility index (Phi) is 4.72. The number of anilines is 1. The zero-order valence-corrected chi connectivity index (χ0v) is 19.2. The zero-order valence-electron chi connectivity index (χ0n) is 19.2. The second kappa shape index (κ2) is 7.51. The van der Waals surface area contributed by atoms with Crippen LogP contribution in [-0.2, 0) is 0 Å². The van der Waals surface area contributed by atoms with Crippen molar-refractivity contribution in [3.63, 3.8) is 0 Å².